The SMILES string of the molecule is O=C1CCC(C(=O)NCC(F)(F)F)=NN1. The van der Waals surface area contributed by atoms with Crippen LogP contribution in [0.4, 0.5) is 13.2 Å². The summed E-state index contributed by atoms with van der Waals surface area (Å²) in [5.74, 6) is -1.27. The van der Waals surface area contributed by atoms with Crippen molar-refractivity contribution in [1.29, 1.82) is 0 Å². The molecule has 0 bridgehead atoms. The smallest absolute Gasteiger partial charge is 0.342 e. The molecule has 0 radical (unpaired) electrons. The molecule has 0 aromatic carbocycles. The third-order valence-electron chi connectivity index (χ3n) is 1.62. The van der Waals surface area contributed by atoms with Gasteiger partial charge in [-0.25, -0.2) is 5.43 Å². The van der Waals surface area contributed by atoms with Crippen LogP contribution in [0.2, 0.25) is 0 Å². The lowest BCUT2D eigenvalue weighted by atomic mass is 10.1. The van der Waals surface area contributed by atoms with Gasteiger partial charge in [0, 0.05) is 12.8 Å². The van der Waals surface area contributed by atoms with Gasteiger partial charge < -0.3 is 5.32 Å². The van der Waals surface area contributed by atoms with Crippen LogP contribution in [0.3, 0.4) is 0 Å². The minimum absolute atomic E-state index is 0.0511. The molecule has 1 heterocycles. The standard InChI is InChI=1S/C7H8F3N3O2/c8-7(9,10)3-11-6(15)4-1-2-5(14)13-12-4/h1-3H2,(H,11,15)(H,13,14). The van der Waals surface area contributed by atoms with E-state index in [9.17, 15) is 22.8 Å². The second-order valence-electron chi connectivity index (χ2n) is 2.89. The first-order valence-corrected chi connectivity index (χ1v) is 4.09. The highest BCUT2D eigenvalue weighted by molar-refractivity contribution is 6.39. The number of nitrogens with one attached hydrogen (secondary N) is 2. The molecule has 0 unspecified atom stereocenters. The van der Waals surface area contributed by atoms with E-state index in [1.807, 2.05) is 5.43 Å². The Morgan fingerprint density at radius 2 is 2.13 bits per heavy atom. The van der Waals surface area contributed by atoms with E-state index in [2.05, 4.69) is 5.10 Å². The lowest BCUT2D eigenvalue weighted by molar-refractivity contribution is -0.135. The highest BCUT2D eigenvalue weighted by Crippen LogP contribution is 2.12. The van der Waals surface area contributed by atoms with Gasteiger partial charge in [-0.05, 0) is 0 Å². The molecule has 0 fully saturated rings. The number of hydrogen-bond acceptors (Lipinski definition) is 3. The number of rotatable bonds is 2. The van der Waals surface area contributed by atoms with E-state index in [-0.39, 0.29) is 24.5 Å². The Morgan fingerprint density at radius 3 is 2.60 bits per heavy atom. The molecule has 2 amide bonds. The molecule has 0 spiro atoms. The molecule has 0 atom stereocenters. The van der Waals surface area contributed by atoms with Gasteiger partial charge in [-0.1, -0.05) is 0 Å². The van der Waals surface area contributed by atoms with Crippen LogP contribution < -0.4 is 10.7 Å². The van der Waals surface area contributed by atoms with Gasteiger partial charge in [-0.3, -0.25) is 9.59 Å². The average molecular weight is 223 g/mol. The molecule has 84 valence electrons. The fourth-order valence-electron chi connectivity index (χ4n) is 0.920. The topological polar surface area (TPSA) is 70.6 Å². The minimum Gasteiger partial charge on any atom is -0.342 e. The largest absolute Gasteiger partial charge is 0.405 e. The van der Waals surface area contributed by atoms with Gasteiger partial charge in [-0.2, -0.15) is 18.3 Å². The van der Waals surface area contributed by atoms with Crippen molar-refractivity contribution >= 4 is 17.5 Å². The number of hydrogen-bond donors (Lipinski definition) is 2. The highest BCUT2D eigenvalue weighted by atomic mass is 19.4. The van der Waals surface area contributed by atoms with Crippen molar-refractivity contribution in [3.8, 4) is 0 Å². The summed E-state index contributed by atoms with van der Waals surface area (Å²) in [5.41, 5.74) is 1.92. The first kappa shape index (κ1) is 11.5. The van der Waals surface area contributed by atoms with Crippen LogP contribution in [0.25, 0.3) is 0 Å². The van der Waals surface area contributed by atoms with E-state index in [1.54, 1.807) is 5.32 Å². The third kappa shape index (κ3) is 3.96. The molecule has 0 aromatic heterocycles. The number of carbonyl (C=O) groups is 2. The van der Waals surface area contributed by atoms with Crippen LogP contribution in [0, 0.1) is 0 Å². The molecule has 0 saturated heterocycles. The van der Waals surface area contributed by atoms with Gasteiger partial charge in [-0.15, -0.1) is 0 Å². The Balaban J connectivity index is 2.44. The van der Waals surface area contributed by atoms with Crippen molar-refractivity contribution in [3.05, 3.63) is 0 Å². The number of carbonyl (C=O) groups excluding carboxylic acids is 2. The van der Waals surface area contributed by atoms with E-state index in [1.165, 1.54) is 0 Å². The van der Waals surface area contributed by atoms with Crippen LogP contribution in [-0.2, 0) is 9.59 Å². The lowest BCUT2D eigenvalue weighted by Crippen LogP contribution is -2.40. The molecule has 8 heteroatoms. The van der Waals surface area contributed by atoms with E-state index >= 15 is 0 Å². The molecule has 0 saturated carbocycles. The predicted molar refractivity (Wildman–Crippen MR) is 43.9 cm³/mol. The predicted octanol–water partition coefficient (Wildman–Crippen LogP) is -0.0691. The number of hydrazone groups is 1. The number of amides is 2. The van der Waals surface area contributed by atoms with Gasteiger partial charge in [0.1, 0.15) is 12.3 Å². The van der Waals surface area contributed by atoms with E-state index in [0.717, 1.165) is 0 Å². The normalized spacial score (nSPS) is 16.7. The average Bonchev–Trinajstić information content (AvgIpc) is 2.14. The fraction of sp³-hybridized carbons (Fsp3) is 0.571. The van der Waals surface area contributed by atoms with E-state index < -0.39 is 18.6 Å². The summed E-state index contributed by atoms with van der Waals surface area (Å²) < 4.78 is 35.2. The van der Waals surface area contributed by atoms with Gasteiger partial charge >= 0.3 is 6.18 Å². The summed E-state index contributed by atoms with van der Waals surface area (Å²) in [6, 6.07) is 0. The van der Waals surface area contributed by atoms with Crippen LogP contribution >= 0.6 is 0 Å². The van der Waals surface area contributed by atoms with Crippen LogP contribution in [0.1, 0.15) is 12.8 Å². The number of nitrogens with zero attached hydrogens (tertiary/aromatic N) is 1. The molecule has 1 aliphatic heterocycles. The molecular formula is C7H8F3N3O2. The Morgan fingerprint density at radius 1 is 1.47 bits per heavy atom. The zero-order valence-electron chi connectivity index (χ0n) is 7.52. The summed E-state index contributed by atoms with van der Waals surface area (Å²) in [5, 5.41) is 5.01. The Hall–Kier alpha value is -1.60. The number of halogens is 3. The zero-order chi connectivity index (χ0) is 11.5. The van der Waals surface area contributed by atoms with Crippen molar-refractivity contribution in [2.75, 3.05) is 6.54 Å². The van der Waals surface area contributed by atoms with Crippen LogP contribution in [0.15, 0.2) is 5.10 Å². The van der Waals surface area contributed by atoms with Gasteiger partial charge in [0.15, 0.2) is 0 Å². The van der Waals surface area contributed by atoms with Crippen molar-refractivity contribution in [3.63, 3.8) is 0 Å². The Bertz CT molecular complexity index is 311. The first-order valence-electron chi connectivity index (χ1n) is 4.09. The number of alkyl halides is 3. The third-order valence-corrected chi connectivity index (χ3v) is 1.62. The summed E-state index contributed by atoms with van der Waals surface area (Å²) >= 11 is 0. The molecule has 0 aliphatic carbocycles. The van der Waals surface area contributed by atoms with E-state index in [4.69, 9.17) is 0 Å². The minimum atomic E-state index is -4.45. The van der Waals surface area contributed by atoms with Crippen LogP contribution in [0.5, 0.6) is 0 Å². The second kappa shape index (κ2) is 4.28. The van der Waals surface area contributed by atoms with Crippen molar-refractivity contribution in [2.45, 2.75) is 19.0 Å². The molecule has 0 aromatic rings. The summed E-state index contributed by atoms with van der Waals surface area (Å²) in [4.78, 5) is 21.7. The molecule has 1 aliphatic rings. The van der Waals surface area contributed by atoms with Gasteiger partial charge in [0.25, 0.3) is 5.91 Å². The Kier molecular flexibility index (Phi) is 3.28. The summed E-state index contributed by atoms with van der Waals surface area (Å²) in [6.07, 6.45) is -4.35. The van der Waals surface area contributed by atoms with E-state index in [0.29, 0.717) is 0 Å². The van der Waals surface area contributed by atoms with Crippen molar-refractivity contribution < 1.29 is 22.8 Å². The zero-order valence-corrected chi connectivity index (χ0v) is 7.52. The summed E-state index contributed by atoms with van der Waals surface area (Å²) in [6.45, 7) is -1.40. The maximum atomic E-state index is 11.7. The molecule has 1 rings (SSSR count). The highest BCUT2D eigenvalue weighted by Gasteiger charge is 2.29. The second-order valence-corrected chi connectivity index (χ2v) is 2.89. The lowest BCUT2D eigenvalue weighted by Gasteiger charge is -2.12. The maximum absolute atomic E-state index is 11.7. The molecular weight excluding hydrogens is 215 g/mol. The molecule has 15 heavy (non-hydrogen) atoms. The first-order chi connectivity index (χ1) is 6.88. The van der Waals surface area contributed by atoms with Gasteiger partial charge in [0.05, 0.1) is 0 Å². The fourth-order valence-corrected chi connectivity index (χ4v) is 0.920. The molecule has 2 N–H and O–H groups in total. The summed E-state index contributed by atoms with van der Waals surface area (Å²) in [7, 11) is 0. The maximum Gasteiger partial charge on any atom is 0.405 e. The van der Waals surface area contributed by atoms with Crippen molar-refractivity contribution in [1.82, 2.24) is 10.7 Å². The van der Waals surface area contributed by atoms with Gasteiger partial charge in [0.2, 0.25) is 5.91 Å². The molecule has 5 nitrogen and oxygen atoms in total. The quantitative estimate of drug-likeness (QED) is 0.688. The Labute approximate surface area is 82.7 Å². The monoisotopic (exact) mass is 223 g/mol. The van der Waals surface area contributed by atoms with Crippen LogP contribution in [-0.4, -0.2) is 30.2 Å². The van der Waals surface area contributed by atoms with Crippen molar-refractivity contribution in [2.24, 2.45) is 5.10 Å².